The van der Waals surface area contributed by atoms with Crippen molar-refractivity contribution in [2.24, 2.45) is 0 Å². The molecule has 140 valence electrons. The summed E-state index contributed by atoms with van der Waals surface area (Å²) in [5.41, 5.74) is 5.47. The third kappa shape index (κ3) is 3.09. The van der Waals surface area contributed by atoms with Crippen molar-refractivity contribution in [1.82, 2.24) is 4.90 Å². The van der Waals surface area contributed by atoms with Gasteiger partial charge in [0.1, 0.15) is 0 Å². The van der Waals surface area contributed by atoms with E-state index in [0.29, 0.717) is 0 Å². The summed E-state index contributed by atoms with van der Waals surface area (Å²) in [5, 5.41) is 5.33. The van der Waals surface area contributed by atoms with Gasteiger partial charge in [0.25, 0.3) is 0 Å². The van der Waals surface area contributed by atoms with Gasteiger partial charge in [-0.2, -0.15) is 0 Å². The number of nitrogens with zero attached hydrogens (tertiary/aromatic N) is 1. The monoisotopic (exact) mass is 367 g/mol. The fourth-order valence-corrected chi connectivity index (χ4v) is 4.46. The van der Waals surface area contributed by atoms with E-state index in [1.54, 1.807) is 0 Å². The number of ether oxygens (including phenoxy) is 1. The van der Waals surface area contributed by atoms with Crippen LogP contribution in [-0.2, 0) is 11.3 Å². The molecule has 0 saturated carbocycles. The molecule has 0 aliphatic carbocycles. The second kappa shape index (κ2) is 7.38. The molecule has 1 aliphatic heterocycles. The number of hydrogen-bond donors (Lipinski definition) is 0. The van der Waals surface area contributed by atoms with Crippen molar-refractivity contribution in [2.75, 3.05) is 26.3 Å². The Kier molecular flexibility index (Phi) is 4.59. The molecule has 5 rings (SSSR count). The summed E-state index contributed by atoms with van der Waals surface area (Å²) in [6.07, 6.45) is 0. The minimum atomic E-state index is 0.834. The predicted octanol–water partition coefficient (Wildman–Crippen LogP) is 5.80. The standard InChI is InChI=1S/C26H25NO/c1-19-22(18-27-13-15-28-16-14-27)17-25-23-10-6-5-7-20(23)11-12-24(25)26(19)21-8-3-2-4-9-21/h2-12,17H,13-16,18H2,1H3. The number of benzene rings is 4. The van der Waals surface area contributed by atoms with Crippen LogP contribution < -0.4 is 0 Å². The van der Waals surface area contributed by atoms with E-state index in [1.807, 2.05) is 0 Å². The van der Waals surface area contributed by atoms with Crippen LogP contribution in [0.3, 0.4) is 0 Å². The molecule has 0 N–H and O–H groups in total. The average molecular weight is 367 g/mol. The Morgan fingerprint density at radius 2 is 1.54 bits per heavy atom. The maximum absolute atomic E-state index is 5.55. The Bertz CT molecular complexity index is 1130. The van der Waals surface area contributed by atoms with Gasteiger partial charge in [-0.15, -0.1) is 0 Å². The van der Waals surface area contributed by atoms with Crippen molar-refractivity contribution >= 4 is 21.5 Å². The van der Waals surface area contributed by atoms with Crippen LogP contribution in [0.4, 0.5) is 0 Å². The van der Waals surface area contributed by atoms with Crippen LogP contribution in [0.15, 0.2) is 72.8 Å². The normalized spacial score (nSPS) is 15.3. The quantitative estimate of drug-likeness (QED) is 0.424. The molecule has 0 bridgehead atoms. The highest BCUT2D eigenvalue weighted by molar-refractivity contribution is 6.13. The van der Waals surface area contributed by atoms with Crippen molar-refractivity contribution in [1.29, 1.82) is 0 Å². The lowest BCUT2D eigenvalue weighted by Crippen LogP contribution is -2.35. The highest BCUT2D eigenvalue weighted by Gasteiger charge is 2.17. The minimum absolute atomic E-state index is 0.834. The molecule has 4 aromatic carbocycles. The highest BCUT2D eigenvalue weighted by Crippen LogP contribution is 2.38. The van der Waals surface area contributed by atoms with Crippen molar-refractivity contribution in [3.63, 3.8) is 0 Å². The second-order valence-corrected chi connectivity index (χ2v) is 7.67. The van der Waals surface area contributed by atoms with Crippen molar-refractivity contribution in [2.45, 2.75) is 13.5 Å². The van der Waals surface area contributed by atoms with Gasteiger partial charge < -0.3 is 4.74 Å². The van der Waals surface area contributed by atoms with E-state index in [9.17, 15) is 0 Å². The fourth-order valence-electron chi connectivity index (χ4n) is 4.46. The molecule has 0 aromatic heterocycles. The average Bonchev–Trinajstić information content (AvgIpc) is 2.76. The number of hydrogen-bond acceptors (Lipinski definition) is 2. The van der Waals surface area contributed by atoms with Crippen molar-refractivity contribution in [3.05, 3.63) is 83.9 Å². The van der Waals surface area contributed by atoms with Gasteiger partial charge >= 0.3 is 0 Å². The molecule has 0 spiro atoms. The lowest BCUT2D eigenvalue weighted by Gasteiger charge is -2.28. The molecule has 0 radical (unpaired) electrons. The summed E-state index contributed by atoms with van der Waals surface area (Å²) in [5.74, 6) is 0. The Morgan fingerprint density at radius 3 is 2.36 bits per heavy atom. The van der Waals surface area contributed by atoms with Gasteiger partial charge in [0.15, 0.2) is 0 Å². The molecule has 28 heavy (non-hydrogen) atoms. The smallest absolute Gasteiger partial charge is 0.0594 e. The van der Waals surface area contributed by atoms with Gasteiger partial charge in [0.05, 0.1) is 13.2 Å². The zero-order valence-corrected chi connectivity index (χ0v) is 16.3. The lowest BCUT2D eigenvalue weighted by atomic mass is 9.88. The van der Waals surface area contributed by atoms with Gasteiger partial charge in [-0.05, 0) is 56.8 Å². The zero-order chi connectivity index (χ0) is 18.9. The molecular weight excluding hydrogens is 342 g/mol. The highest BCUT2D eigenvalue weighted by atomic mass is 16.5. The van der Waals surface area contributed by atoms with Crippen molar-refractivity contribution < 1.29 is 4.74 Å². The lowest BCUT2D eigenvalue weighted by molar-refractivity contribution is 0.0341. The first-order valence-corrected chi connectivity index (χ1v) is 10.1. The van der Waals surface area contributed by atoms with Crippen LogP contribution in [0.2, 0.25) is 0 Å². The number of rotatable bonds is 3. The van der Waals surface area contributed by atoms with E-state index in [4.69, 9.17) is 4.74 Å². The molecular formula is C26H25NO. The Labute approximate surface area is 166 Å². The fraction of sp³-hybridized carbons (Fsp3) is 0.231. The van der Waals surface area contributed by atoms with Crippen LogP contribution in [0.25, 0.3) is 32.7 Å². The predicted molar refractivity (Wildman–Crippen MR) is 118 cm³/mol. The topological polar surface area (TPSA) is 12.5 Å². The van der Waals surface area contributed by atoms with E-state index in [-0.39, 0.29) is 0 Å². The summed E-state index contributed by atoms with van der Waals surface area (Å²) >= 11 is 0. The molecule has 1 heterocycles. The summed E-state index contributed by atoms with van der Waals surface area (Å²) in [4.78, 5) is 2.51. The molecule has 4 aromatic rings. The second-order valence-electron chi connectivity index (χ2n) is 7.67. The van der Waals surface area contributed by atoms with Gasteiger partial charge in [-0.3, -0.25) is 4.90 Å². The molecule has 1 fully saturated rings. The largest absolute Gasteiger partial charge is 0.379 e. The Morgan fingerprint density at radius 1 is 0.786 bits per heavy atom. The van der Waals surface area contributed by atoms with E-state index >= 15 is 0 Å². The summed E-state index contributed by atoms with van der Waals surface area (Å²) in [6.45, 7) is 6.95. The summed E-state index contributed by atoms with van der Waals surface area (Å²) in [7, 11) is 0. The van der Waals surface area contributed by atoms with Gasteiger partial charge in [0.2, 0.25) is 0 Å². The molecule has 2 nitrogen and oxygen atoms in total. The first-order valence-electron chi connectivity index (χ1n) is 10.1. The van der Waals surface area contributed by atoms with E-state index in [1.165, 1.54) is 43.8 Å². The first kappa shape index (κ1) is 17.4. The van der Waals surface area contributed by atoms with E-state index in [0.717, 1.165) is 32.8 Å². The number of fused-ring (bicyclic) bond motifs is 3. The zero-order valence-electron chi connectivity index (χ0n) is 16.3. The molecule has 2 heteroatoms. The Balaban J connectivity index is 1.77. The van der Waals surface area contributed by atoms with Crippen LogP contribution in [0, 0.1) is 6.92 Å². The molecule has 0 amide bonds. The minimum Gasteiger partial charge on any atom is -0.379 e. The van der Waals surface area contributed by atoms with Crippen LogP contribution in [0.5, 0.6) is 0 Å². The SMILES string of the molecule is Cc1c(CN2CCOCC2)cc2c(ccc3ccccc32)c1-c1ccccc1. The van der Waals surface area contributed by atoms with Crippen LogP contribution in [-0.4, -0.2) is 31.2 Å². The van der Waals surface area contributed by atoms with Gasteiger partial charge in [-0.1, -0.05) is 66.7 Å². The first-order chi connectivity index (χ1) is 13.8. The summed E-state index contributed by atoms with van der Waals surface area (Å²) in [6, 6.07) is 26.5. The van der Waals surface area contributed by atoms with Crippen LogP contribution in [0.1, 0.15) is 11.1 Å². The van der Waals surface area contributed by atoms with Crippen LogP contribution >= 0.6 is 0 Å². The Hall–Kier alpha value is -2.68. The molecule has 0 unspecified atom stereocenters. The molecule has 1 aliphatic rings. The van der Waals surface area contributed by atoms with Gasteiger partial charge in [-0.25, -0.2) is 0 Å². The number of morpholine rings is 1. The third-order valence-electron chi connectivity index (χ3n) is 5.98. The maximum atomic E-state index is 5.55. The van der Waals surface area contributed by atoms with Gasteiger partial charge in [0, 0.05) is 19.6 Å². The van der Waals surface area contributed by atoms with E-state index < -0.39 is 0 Å². The summed E-state index contributed by atoms with van der Waals surface area (Å²) < 4.78 is 5.55. The third-order valence-corrected chi connectivity index (χ3v) is 5.98. The maximum Gasteiger partial charge on any atom is 0.0594 e. The van der Waals surface area contributed by atoms with Crippen molar-refractivity contribution in [3.8, 4) is 11.1 Å². The van der Waals surface area contributed by atoms with E-state index in [2.05, 4.69) is 84.6 Å². The molecule has 1 saturated heterocycles. The molecule has 0 atom stereocenters.